The fraction of sp³-hybridized carbons (Fsp3) is 0.316. The highest BCUT2D eigenvalue weighted by atomic mass is 32.2. The lowest BCUT2D eigenvalue weighted by Gasteiger charge is -2.26. The lowest BCUT2D eigenvalue weighted by Crippen LogP contribution is -2.38. The predicted octanol–water partition coefficient (Wildman–Crippen LogP) is 1.75. The molecule has 3 aromatic rings. The number of sulfonamides is 1. The van der Waals surface area contributed by atoms with Crippen LogP contribution in [0.1, 0.15) is 34.3 Å². The summed E-state index contributed by atoms with van der Waals surface area (Å²) in [5.41, 5.74) is 1.65. The molecule has 0 saturated carbocycles. The number of hydrogen-bond acceptors (Lipinski definition) is 7. The summed E-state index contributed by atoms with van der Waals surface area (Å²) in [5, 5.41) is 0.529. The molecule has 0 radical (unpaired) electrons. The van der Waals surface area contributed by atoms with Crippen molar-refractivity contribution in [2.24, 2.45) is 0 Å². The summed E-state index contributed by atoms with van der Waals surface area (Å²) in [4.78, 5) is 30.6. The molecule has 0 bridgehead atoms. The highest BCUT2D eigenvalue weighted by Crippen LogP contribution is 2.30. The van der Waals surface area contributed by atoms with E-state index in [1.807, 2.05) is 0 Å². The predicted molar refractivity (Wildman–Crippen MR) is 103 cm³/mol. The van der Waals surface area contributed by atoms with E-state index >= 15 is 0 Å². The number of furan rings is 1. The summed E-state index contributed by atoms with van der Waals surface area (Å²) in [6.45, 7) is 3.79. The van der Waals surface area contributed by atoms with Crippen molar-refractivity contribution < 1.29 is 22.4 Å². The molecular weight excluding hydrogens is 398 g/mol. The topological polar surface area (TPSA) is 123 Å². The molecule has 3 heterocycles. The number of fused-ring (bicyclic) bond motifs is 2. The van der Waals surface area contributed by atoms with Crippen LogP contribution in [0.4, 0.5) is 0 Å². The average molecular weight is 417 g/mol. The second kappa shape index (κ2) is 7.12. The minimum atomic E-state index is -3.82. The van der Waals surface area contributed by atoms with E-state index in [0.717, 1.165) is 0 Å². The smallest absolute Gasteiger partial charge is 0.374 e. The van der Waals surface area contributed by atoms with Crippen LogP contribution in [0.2, 0.25) is 0 Å². The van der Waals surface area contributed by atoms with Crippen LogP contribution in [-0.4, -0.2) is 41.8 Å². The highest BCUT2D eigenvalue weighted by molar-refractivity contribution is 7.89. The average Bonchev–Trinajstić information content (AvgIpc) is 3.04. The maximum atomic E-state index is 13.2. The molecule has 10 heteroatoms. The Morgan fingerprint density at radius 2 is 2.17 bits per heavy atom. The van der Waals surface area contributed by atoms with Crippen LogP contribution in [0.25, 0.3) is 11.0 Å². The van der Waals surface area contributed by atoms with Crippen molar-refractivity contribution in [2.45, 2.75) is 31.7 Å². The quantitative estimate of drug-likeness (QED) is 0.642. The molecule has 0 amide bonds. The molecule has 0 atom stereocenters. The zero-order valence-corrected chi connectivity index (χ0v) is 16.7. The fourth-order valence-corrected chi connectivity index (χ4v) is 4.88. The Bertz CT molecular complexity index is 1270. The van der Waals surface area contributed by atoms with Crippen LogP contribution < -0.4 is 5.56 Å². The summed E-state index contributed by atoms with van der Waals surface area (Å²) >= 11 is 0. The number of carbonyl (C=O) groups is 1. The van der Waals surface area contributed by atoms with Gasteiger partial charge in [-0.1, -0.05) is 0 Å². The number of hydrogen-bond donors (Lipinski definition) is 1. The molecule has 1 N–H and O–H groups in total. The Kier molecular flexibility index (Phi) is 4.75. The summed E-state index contributed by atoms with van der Waals surface area (Å²) in [7, 11) is -3.82. The second-order valence-electron chi connectivity index (χ2n) is 6.68. The lowest BCUT2D eigenvalue weighted by molar-refractivity contribution is 0.0491. The number of aromatic amines is 1. The first-order valence-corrected chi connectivity index (χ1v) is 10.5. The van der Waals surface area contributed by atoms with Crippen molar-refractivity contribution in [1.29, 1.82) is 0 Å². The summed E-state index contributed by atoms with van der Waals surface area (Å²) in [5.74, 6) is -0.527. The van der Waals surface area contributed by atoms with Gasteiger partial charge >= 0.3 is 5.97 Å². The van der Waals surface area contributed by atoms with Crippen LogP contribution in [0.15, 0.2) is 38.6 Å². The monoisotopic (exact) mass is 417 g/mol. The van der Waals surface area contributed by atoms with E-state index in [9.17, 15) is 18.0 Å². The molecule has 1 aliphatic heterocycles. The maximum absolute atomic E-state index is 13.2. The number of rotatable bonds is 4. The number of ether oxygens (including phenoxy) is 1. The van der Waals surface area contributed by atoms with Crippen LogP contribution >= 0.6 is 0 Å². The van der Waals surface area contributed by atoms with E-state index in [-0.39, 0.29) is 42.3 Å². The van der Waals surface area contributed by atoms with E-state index in [1.165, 1.54) is 28.8 Å². The summed E-state index contributed by atoms with van der Waals surface area (Å²) < 4.78 is 38.2. The first-order chi connectivity index (χ1) is 13.8. The zero-order valence-electron chi connectivity index (χ0n) is 15.9. The Balaban J connectivity index is 1.71. The molecule has 0 unspecified atom stereocenters. The molecular formula is C19H19N3O6S. The van der Waals surface area contributed by atoms with E-state index < -0.39 is 16.0 Å². The summed E-state index contributed by atoms with van der Waals surface area (Å²) in [6, 6.07) is 4.46. The van der Waals surface area contributed by atoms with E-state index in [0.29, 0.717) is 27.8 Å². The van der Waals surface area contributed by atoms with Gasteiger partial charge in [-0.2, -0.15) is 4.31 Å². The van der Waals surface area contributed by atoms with Gasteiger partial charge in [-0.15, -0.1) is 0 Å². The Morgan fingerprint density at radius 1 is 1.38 bits per heavy atom. The minimum absolute atomic E-state index is 0.0259. The molecule has 2 aromatic heterocycles. The largest absolute Gasteiger partial charge is 0.460 e. The van der Waals surface area contributed by atoms with Gasteiger partial charge in [0.25, 0.3) is 5.56 Å². The van der Waals surface area contributed by atoms with E-state index in [1.54, 1.807) is 13.8 Å². The molecule has 0 aliphatic carbocycles. The molecule has 0 spiro atoms. The molecule has 1 aliphatic rings. The minimum Gasteiger partial charge on any atom is -0.460 e. The number of esters is 1. The van der Waals surface area contributed by atoms with Gasteiger partial charge in [0, 0.05) is 23.1 Å². The maximum Gasteiger partial charge on any atom is 0.374 e. The van der Waals surface area contributed by atoms with Gasteiger partial charge in [0.05, 0.1) is 30.1 Å². The number of nitrogens with one attached hydrogen (secondary N) is 1. The Labute approximate surface area is 166 Å². The lowest BCUT2D eigenvalue weighted by atomic mass is 10.1. The fourth-order valence-electron chi connectivity index (χ4n) is 3.45. The van der Waals surface area contributed by atoms with Gasteiger partial charge in [-0.25, -0.2) is 18.2 Å². The number of aryl methyl sites for hydroxylation is 1. The normalized spacial score (nSPS) is 14.7. The van der Waals surface area contributed by atoms with Crippen LogP contribution in [0, 0.1) is 6.92 Å². The van der Waals surface area contributed by atoms with Crippen molar-refractivity contribution in [3.63, 3.8) is 0 Å². The third-order valence-electron chi connectivity index (χ3n) is 4.98. The van der Waals surface area contributed by atoms with Crippen molar-refractivity contribution in [3.8, 4) is 0 Å². The molecule has 0 saturated heterocycles. The Morgan fingerprint density at radius 3 is 2.93 bits per heavy atom. The molecule has 29 heavy (non-hydrogen) atoms. The first-order valence-electron chi connectivity index (χ1n) is 9.08. The van der Waals surface area contributed by atoms with Crippen LogP contribution in [-0.2, 0) is 27.7 Å². The van der Waals surface area contributed by atoms with Gasteiger partial charge < -0.3 is 14.1 Å². The van der Waals surface area contributed by atoms with Crippen molar-refractivity contribution in [2.75, 3.05) is 13.2 Å². The Hall–Kier alpha value is -2.98. The van der Waals surface area contributed by atoms with Gasteiger partial charge in [0.1, 0.15) is 5.58 Å². The van der Waals surface area contributed by atoms with Crippen molar-refractivity contribution >= 4 is 27.0 Å². The molecule has 9 nitrogen and oxygen atoms in total. The molecule has 0 fully saturated rings. The number of carbonyl (C=O) groups excluding carboxylic acids is 1. The van der Waals surface area contributed by atoms with Gasteiger partial charge in [0.15, 0.2) is 0 Å². The molecule has 4 rings (SSSR count). The third kappa shape index (κ3) is 3.23. The number of aromatic nitrogens is 2. The molecule has 1 aromatic carbocycles. The van der Waals surface area contributed by atoms with Crippen molar-refractivity contribution in [3.05, 3.63) is 57.5 Å². The van der Waals surface area contributed by atoms with Crippen LogP contribution in [0.5, 0.6) is 0 Å². The SMILES string of the molecule is CCOC(=O)c1oc2ccc(S(=O)(=O)N3CCc4c(nc[nH]c4=O)C3)cc2c1C. The van der Waals surface area contributed by atoms with Gasteiger partial charge in [-0.3, -0.25) is 4.79 Å². The van der Waals surface area contributed by atoms with E-state index in [4.69, 9.17) is 9.15 Å². The zero-order chi connectivity index (χ0) is 20.8. The van der Waals surface area contributed by atoms with Crippen molar-refractivity contribution in [1.82, 2.24) is 14.3 Å². The van der Waals surface area contributed by atoms with Crippen LogP contribution in [0.3, 0.4) is 0 Å². The number of nitrogens with zero attached hydrogens (tertiary/aromatic N) is 2. The highest BCUT2D eigenvalue weighted by Gasteiger charge is 2.31. The number of H-pyrrole nitrogens is 1. The third-order valence-corrected chi connectivity index (χ3v) is 6.82. The second-order valence-corrected chi connectivity index (χ2v) is 8.62. The molecule has 152 valence electrons. The van der Waals surface area contributed by atoms with E-state index in [2.05, 4.69) is 9.97 Å². The standard InChI is InChI=1S/C19H19N3O6S/c1-3-27-19(24)17-11(2)14-8-12(4-5-16(14)28-17)29(25,26)22-7-6-13-15(9-22)20-10-21-18(13)23/h4-5,8,10H,3,6-7,9H2,1-2H3,(H,20,21,23). The summed E-state index contributed by atoms with van der Waals surface area (Å²) in [6.07, 6.45) is 1.56. The number of benzene rings is 1. The first kappa shape index (κ1) is 19.3. The van der Waals surface area contributed by atoms with Gasteiger partial charge in [0.2, 0.25) is 15.8 Å². The van der Waals surface area contributed by atoms with Gasteiger partial charge in [-0.05, 0) is 38.5 Å².